The molecule has 1 aromatic heterocycles. The Bertz CT molecular complexity index is 1650. The van der Waals surface area contributed by atoms with Gasteiger partial charge in [-0.25, -0.2) is 4.79 Å². The maximum absolute atomic E-state index is 12.3. The molecule has 0 fully saturated rings. The first kappa shape index (κ1) is 27.6. The highest BCUT2D eigenvalue weighted by molar-refractivity contribution is 6.32. The average Bonchev–Trinajstić information content (AvgIpc) is 3.37. The molecule has 4 aromatic carbocycles. The summed E-state index contributed by atoms with van der Waals surface area (Å²) >= 11 is 12.6. The normalized spacial score (nSPS) is 11.1. The van der Waals surface area contributed by atoms with Gasteiger partial charge in [0, 0.05) is 40.4 Å². The Hall–Kier alpha value is -3.93. The second kappa shape index (κ2) is 12.1. The molecular weight excluding hydrogens is 543 g/mol. The van der Waals surface area contributed by atoms with E-state index in [0.717, 1.165) is 49.6 Å². The number of fused-ring (bicyclic) bond motifs is 1. The van der Waals surface area contributed by atoms with Crippen molar-refractivity contribution in [1.29, 1.82) is 0 Å². The molecule has 0 amide bonds. The third-order valence-corrected chi connectivity index (χ3v) is 7.75. The second-order valence-electron chi connectivity index (χ2n) is 9.87. The van der Waals surface area contributed by atoms with Crippen LogP contribution in [-0.4, -0.2) is 22.2 Å². The van der Waals surface area contributed by atoms with Crippen LogP contribution in [-0.2, 0) is 13.1 Å². The van der Waals surface area contributed by atoms with E-state index < -0.39 is 5.97 Å². The maximum atomic E-state index is 12.3. The highest BCUT2D eigenvalue weighted by Gasteiger charge is 2.20. The van der Waals surface area contributed by atoms with Crippen molar-refractivity contribution in [3.63, 3.8) is 0 Å². The van der Waals surface area contributed by atoms with Gasteiger partial charge in [0.15, 0.2) is 0 Å². The van der Waals surface area contributed by atoms with Gasteiger partial charge in [-0.15, -0.1) is 0 Å². The molecule has 0 spiro atoms. The molecule has 0 unspecified atom stereocenters. The van der Waals surface area contributed by atoms with Gasteiger partial charge in [0.05, 0.1) is 12.3 Å². The Morgan fingerprint density at radius 2 is 1.65 bits per heavy atom. The van der Waals surface area contributed by atoms with Crippen molar-refractivity contribution in [3.05, 3.63) is 124 Å². The first-order chi connectivity index (χ1) is 19.3. The number of carboxylic acids is 1. The van der Waals surface area contributed by atoms with Crippen LogP contribution >= 0.6 is 23.2 Å². The fourth-order valence-corrected chi connectivity index (χ4v) is 5.32. The molecule has 0 saturated heterocycles. The third-order valence-electron chi connectivity index (χ3n) is 6.92. The lowest BCUT2D eigenvalue weighted by molar-refractivity contribution is 0.0684. The number of carbonyl (C=O) groups is 1. The molecular formula is C33H30Cl2N2O3. The van der Waals surface area contributed by atoms with Crippen molar-refractivity contribution in [1.82, 2.24) is 4.57 Å². The minimum atomic E-state index is -0.975. The third kappa shape index (κ3) is 6.11. The van der Waals surface area contributed by atoms with Crippen molar-refractivity contribution in [2.45, 2.75) is 33.4 Å². The van der Waals surface area contributed by atoms with Gasteiger partial charge in [-0.1, -0.05) is 71.7 Å². The minimum absolute atomic E-state index is 0.226. The molecule has 0 radical (unpaired) electrons. The first-order valence-electron chi connectivity index (χ1n) is 13.1. The van der Waals surface area contributed by atoms with E-state index in [4.69, 9.17) is 27.9 Å². The summed E-state index contributed by atoms with van der Waals surface area (Å²) in [6, 6.07) is 27.7. The number of hydrogen-bond acceptors (Lipinski definition) is 3. The summed E-state index contributed by atoms with van der Waals surface area (Å²) < 4.78 is 7.75. The number of ether oxygens (including phenoxy) is 1. The van der Waals surface area contributed by atoms with E-state index in [1.165, 1.54) is 0 Å². The maximum Gasteiger partial charge on any atom is 0.352 e. The molecule has 0 aliphatic carbocycles. The Kier molecular flexibility index (Phi) is 8.34. The number of benzene rings is 4. The van der Waals surface area contributed by atoms with Gasteiger partial charge in [-0.05, 0) is 78.7 Å². The lowest BCUT2D eigenvalue weighted by Gasteiger charge is -2.25. The van der Waals surface area contributed by atoms with Crippen molar-refractivity contribution in [2.75, 3.05) is 11.5 Å². The van der Waals surface area contributed by atoms with Gasteiger partial charge >= 0.3 is 5.97 Å². The van der Waals surface area contributed by atoms with Gasteiger partial charge in [0.1, 0.15) is 11.4 Å². The highest BCUT2D eigenvalue weighted by Crippen LogP contribution is 2.35. The number of aromatic carboxylic acids is 1. The number of aryl methyl sites for hydroxylation is 3. The number of anilines is 2. The van der Waals surface area contributed by atoms with Gasteiger partial charge < -0.3 is 19.3 Å². The molecule has 5 rings (SSSR count). The number of carboxylic acid groups (broad SMARTS) is 1. The first-order valence-corrected chi connectivity index (χ1v) is 13.9. The number of halogens is 2. The molecule has 0 atom stereocenters. The van der Waals surface area contributed by atoms with Crippen LogP contribution in [0, 0.1) is 13.8 Å². The fraction of sp³-hybridized carbons (Fsp3) is 0.182. The molecule has 1 N–H and O–H groups in total. The number of rotatable bonds is 10. The van der Waals surface area contributed by atoms with E-state index in [1.54, 1.807) is 10.6 Å². The SMILES string of the molecule is Cc1cc(OCCCn2cc(N(Cc3cccc(Cl)c3)c3cccc4ccccc34)cc2C(=O)O)cc(C)c1Cl. The summed E-state index contributed by atoms with van der Waals surface area (Å²) in [7, 11) is 0. The van der Waals surface area contributed by atoms with E-state index in [0.29, 0.717) is 31.1 Å². The van der Waals surface area contributed by atoms with Crippen molar-refractivity contribution in [3.8, 4) is 5.75 Å². The monoisotopic (exact) mass is 572 g/mol. The van der Waals surface area contributed by atoms with Crippen LogP contribution in [0.15, 0.2) is 91.1 Å². The van der Waals surface area contributed by atoms with Gasteiger partial charge in [0.25, 0.3) is 0 Å². The van der Waals surface area contributed by atoms with E-state index in [2.05, 4.69) is 29.2 Å². The lowest BCUT2D eigenvalue weighted by atomic mass is 10.1. The number of aromatic nitrogens is 1. The number of nitrogens with zero attached hydrogens (tertiary/aromatic N) is 2. The average molecular weight is 574 g/mol. The van der Waals surface area contributed by atoms with Crippen LogP contribution in [0.4, 0.5) is 11.4 Å². The van der Waals surface area contributed by atoms with Gasteiger partial charge in [0.2, 0.25) is 0 Å². The zero-order valence-electron chi connectivity index (χ0n) is 22.4. The number of hydrogen-bond donors (Lipinski definition) is 1. The Balaban J connectivity index is 1.44. The highest BCUT2D eigenvalue weighted by atomic mass is 35.5. The largest absolute Gasteiger partial charge is 0.494 e. The smallest absolute Gasteiger partial charge is 0.352 e. The molecule has 1 heterocycles. The Morgan fingerprint density at radius 3 is 2.40 bits per heavy atom. The summed E-state index contributed by atoms with van der Waals surface area (Å²) in [6.07, 6.45) is 2.55. The van der Waals surface area contributed by atoms with Crippen LogP contribution in [0.2, 0.25) is 10.0 Å². The lowest BCUT2D eigenvalue weighted by Crippen LogP contribution is -2.16. The van der Waals surface area contributed by atoms with E-state index >= 15 is 0 Å². The molecule has 5 nitrogen and oxygen atoms in total. The van der Waals surface area contributed by atoms with Crippen LogP contribution in [0.25, 0.3) is 10.8 Å². The summed E-state index contributed by atoms with van der Waals surface area (Å²) in [5, 5.41) is 13.6. The zero-order valence-corrected chi connectivity index (χ0v) is 23.9. The second-order valence-corrected chi connectivity index (χ2v) is 10.7. The quantitative estimate of drug-likeness (QED) is 0.169. The van der Waals surface area contributed by atoms with Crippen LogP contribution in [0.1, 0.15) is 33.6 Å². The zero-order chi connectivity index (χ0) is 28.2. The van der Waals surface area contributed by atoms with Crippen LogP contribution < -0.4 is 9.64 Å². The summed E-state index contributed by atoms with van der Waals surface area (Å²) in [4.78, 5) is 14.4. The van der Waals surface area contributed by atoms with Crippen molar-refractivity contribution in [2.24, 2.45) is 0 Å². The summed E-state index contributed by atoms with van der Waals surface area (Å²) in [5.41, 5.74) is 4.96. The molecule has 0 saturated carbocycles. The van der Waals surface area contributed by atoms with Gasteiger partial charge in [-0.2, -0.15) is 0 Å². The van der Waals surface area contributed by atoms with E-state index in [1.807, 2.05) is 74.6 Å². The summed E-state index contributed by atoms with van der Waals surface area (Å²) in [6.45, 7) is 5.37. The molecule has 7 heteroatoms. The fourth-order valence-electron chi connectivity index (χ4n) is 5.00. The molecule has 0 bridgehead atoms. The summed E-state index contributed by atoms with van der Waals surface area (Å²) in [5.74, 6) is -0.216. The van der Waals surface area contributed by atoms with Crippen molar-refractivity contribution < 1.29 is 14.6 Å². The van der Waals surface area contributed by atoms with E-state index in [-0.39, 0.29) is 5.69 Å². The topological polar surface area (TPSA) is 54.7 Å². The molecule has 0 aliphatic heterocycles. The van der Waals surface area contributed by atoms with Gasteiger partial charge in [-0.3, -0.25) is 0 Å². The molecule has 204 valence electrons. The van der Waals surface area contributed by atoms with E-state index in [9.17, 15) is 9.90 Å². The molecule has 5 aromatic rings. The molecule has 40 heavy (non-hydrogen) atoms. The standard InChI is InChI=1S/C33H30Cl2N2O3/c1-22-16-28(17-23(2)32(22)35)40-15-7-14-36-21-27(19-31(36)33(38)39)37(20-24-8-5-11-26(34)18-24)30-13-6-10-25-9-3-4-12-29(25)30/h3-6,8-13,16-19,21H,7,14-15,20H2,1-2H3,(H,38,39). The van der Waals surface area contributed by atoms with Crippen LogP contribution in [0.3, 0.4) is 0 Å². The molecule has 0 aliphatic rings. The Morgan fingerprint density at radius 1 is 0.925 bits per heavy atom. The minimum Gasteiger partial charge on any atom is -0.494 e. The van der Waals surface area contributed by atoms with Crippen LogP contribution in [0.5, 0.6) is 5.75 Å². The van der Waals surface area contributed by atoms with Crippen molar-refractivity contribution >= 4 is 51.3 Å². The predicted molar refractivity (Wildman–Crippen MR) is 164 cm³/mol. The Labute approximate surface area is 244 Å². The predicted octanol–water partition coefficient (Wildman–Crippen LogP) is 9.07.